The second-order valence-electron chi connectivity index (χ2n) is 6.42. The molecule has 1 saturated heterocycles. The van der Waals surface area contributed by atoms with Gasteiger partial charge in [-0.05, 0) is 42.5 Å². The average Bonchev–Trinajstić information content (AvgIpc) is 3.28. The van der Waals surface area contributed by atoms with Crippen molar-refractivity contribution in [3.8, 4) is 17.2 Å². The van der Waals surface area contributed by atoms with Gasteiger partial charge in [-0.1, -0.05) is 11.2 Å². The van der Waals surface area contributed by atoms with Gasteiger partial charge >= 0.3 is 6.36 Å². The van der Waals surface area contributed by atoms with Gasteiger partial charge in [0, 0.05) is 30.1 Å². The number of ether oxygens (including phenoxy) is 1. The molecule has 3 aromatic rings. The van der Waals surface area contributed by atoms with E-state index in [-0.39, 0.29) is 42.1 Å². The van der Waals surface area contributed by atoms with Crippen LogP contribution >= 0.6 is 0 Å². The number of rotatable bonds is 4. The molecule has 2 heterocycles. The highest BCUT2D eigenvalue weighted by Gasteiger charge is 2.35. The summed E-state index contributed by atoms with van der Waals surface area (Å²) in [5.74, 6) is -1.07. The summed E-state index contributed by atoms with van der Waals surface area (Å²) in [5.41, 5.74) is 0.810. The summed E-state index contributed by atoms with van der Waals surface area (Å²) in [5, 5.41) is 3.87. The van der Waals surface area contributed by atoms with Gasteiger partial charge in [-0.25, -0.2) is 4.39 Å². The molecular weight excluding hydrogens is 394 g/mol. The minimum absolute atomic E-state index is 0.0142. The standard InChI is InChI=1S/C19H13F4N3O3/c20-13-4-6-14(7-5-13)26-10-12(9-16(26)27)17-24-18(29-25-17)11-2-1-3-15(8-11)28-19(21,22)23/h1-8,12H,9-10H2/t12-/m1/s1. The predicted molar refractivity (Wildman–Crippen MR) is 92.5 cm³/mol. The van der Waals surface area contributed by atoms with E-state index in [1.54, 1.807) is 0 Å². The molecule has 0 aliphatic carbocycles. The Kier molecular flexibility index (Phi) is 4.69. The minimum Gasteiger partial charge on any atom is -0.406 e. The van der Waals surface area contributed by atoms with Crippen molar-refractivity contribution in [1.82, 2.24) is 10.1 Å². The smallest absolute Gasteiger partial charge is 0.406 e. The maximum absolute atomic E-state index is 13.1. The lowest BCUT2D eigenvalue weighted by Gasteiger charge is -2.15. The van der Waals surface area contributed by atoms with Crippen LogP contribution in [0.15, 0.2) is 53.1 Å². The molecular formula is C19H13F4N3O3. The van der Waals surface area contributed by atoms with Crippen LogP contribution < -0.4 is 9.64 Å². The van der Waals surface area contributed by atoms with Gasteiger partial charge in [0.2, 0.25) is 5.91 Å². The van der Waals surface area contributed by atoms with Gasteiger partial charge in [0.15, 0.2) is 5.82 Å². The third kappa shape index (κ3) is 4.20. The number of nitrogens with zero attached hydrogens (tertiary/aromatic N) is 3. The zero-order valence-corrected chi connectivity index (χ0v) is 14.7. The zero-order chi connectivity index (χ0) is 20.6. The summed E-state index contributed by atoms with van der Waals surface area (Å²) < 4.78 is 59.3. The number of alkyl halides is 3. The van der Waals surface area contributed by atoms with Gasteiger partial charge in [-0.15, -0.1) is 13.2 Å². The fourth-order valence-corrected chi connectivity index (χ4v) is 3.10. The Morgan fingerprint density at radius 2 is 1.90 bits per heavy atom. The summed E-state index contributed by atoms with van der Waals surface area (Å²) in [4.78, 5) is 18.0. The van der Waals surface area contributed by atoms with Crippen LogP contribution in [0.5, 0.6) is 5.75 Å². The molecule has 0 N–H and O–H groups in total. The molecule has 0 spiro atoms. The third-order valence-electron chi connectivity index (χ3n) is 4.38. The molecule has 150 valence electrons. The number of carbonyl (C=O) groups is 1. The number of anilines is 1. The van der Waals surface area contributed by atoms with Gasteiger partial charge in [0.05, 0.1) is 0 Å². The number of hydrogen-bond donors (Lipinski definition) is 0. The van der Waals surface area contributed by atoms with Crippen LogP contribution in [0.1, 0.15) is 18.2 Å². The van der Waals surface area contributed by atoms with Gasteiger partial charge in [-0.3, -0.25) is 4.79 Å². The lowest BCUT2D eigenvalue weighted by Crippen LogP contribution is -2.24. The molecule has 29 heavy (non-hydrogen) atoms. The first-order valence-corrected chi connectivity index (χ1v) is 8.54. The molecule has 0 radical (unpaired) electrons. The van der Waals surface area contributed by atoms with E-state index in [1.807, 2.05) is 0 Å². The second kappa shape index (κ2) is 7.19. The monoisotopic (exact) mass is 407 g/mol. The highest BCUT2D eigenvalue weighted by Crippen LogP contribution is 2.32. The predicted octanol–water partition coefficient (Wildman–Crippen LogP) is 4.29. The molecule has 1 amide bonds. The number of hydrogen-bond acceptors (Lipinski definition) is 5. The first-order valence-electron chi connectivity index (χ1n) is 8.54. The van der Waals surface area contributed by atoms with Crippen LogP contribution in [0, 0.1) is 5.82 Å². The number of aromatic nitrogens is 2. The van der Waals surface area contributed by atoms with Crippen LogP contribution in [-0.2, 0) is 4.79 Å². The summed E-state index contributed by atoms with van der Waals surface area (Å²) >= 11 is 0. The van der Waals surface area contributed by atoms with Gasteiger partial charge in [-0.2, -0.15) is 4.98 Å². The van der Waals surface area contributed by atoms with E-state index in [9.17, 15) is 22.4 Å². The van der Waals surface area contributed by atoms with Crippen molar-refractivity contribution in [1.29, 1.82) is 0 Å². The Morgan fingerprint density at radius 1 is 1.14 bits per heavy atom. The summed E-state index contributed by atoms with van der Waals surface area (Å²) in [6.45, 7) is 0.278. The number of benzene rings is 2. The van der Waals surface area contributed by atoms with Crippen molar-refractivity contribution >= 4 is 11.6 Å². The minimum atomic E-state index is -4.81. The Morgan fingerprint density at radius 3 is 2.62 bits per heavy atom. The first-order chi connectivity index (χ1) is 13.8. The third-order valence-corrected chi connectivity index (χ3v) is 4.38. The highest BCUT2D eigenvalue weighted by molar-refractivity contribution is 5.96. The van der Waals surface area contributed by atoms with E-state index >= 15 is 0 Å². The SMILES string of the molecule is O=C1C[C@@H](c2noc(-c3cccc(OC(F)(F)F)c3)n2)CN1c1ccc(F)cc1. The summed E-state index contributed by atoms with van der Waals surface area (Å²) in [6.07, 6.45) is -4.68. The molecule has 1 atom stereocenters. The highest BCUT2D eigenvalue weighted by atomic mass is 19.4. The van der Waals surface area contributed by atoms with Crippen molar-refractivity contribution in [3.63, 3.8) is 0 Å². The van der Waals surface area contributed by atoms with E-state index in [1.165, 1.54) is 41.3 Å². The van der Waals surface area contributed by atoms with Crippen molar-refractivity contribution in [2.24, 2.45) is 0 Å². The molecule has 2 aromatic carbocycles. The van der Waals surface area contributed by atoms with Gasteiger partial charge in [0.1, 0.15) is 11.6 Å². The Labute approximate surface area is 161 Å². The van der Waals surface area contributed by atoms with Crippen molar-refractivity contribution in [2.75, 3.05) is 11.4 Å². The molecule has 1 aliphatic heterocycles. The van der Waals surface area contributed by atoms with Crippen LogP contribution in [0.4, 0.5) is 23.2 Å². The maximum atomic E-state index is 13.1. The zero-order valence-electron chi connectivity index (χ0n) is 14.7. The lowest BCUT2D eigenvalue weighted by atomic mass is 10.1. The molecule has 1 aliphatic rings. The Hall–Kier alpha value is -3.43. The number of amides is 1. The first kappa shape index (κ1) is 18.9. The molecule has 4 rings (SSSR count). The molecule has 0 unspecified atom stereocenters. The molecule has 1 fully saturated rings. The van der Waals surface area contributed by atoms with E-state index in [2.05, 4.69) is 14.9 Å². The van der Waals surface area contributed by atoms with E-state index < -0.39 is 17.9 Å². The largest absolute Gasteiger partial charge is 0.573 e. The fraction of sp³-hybridized carbons (Fsp3) is 0.211. The Bertz CT molecular complexity index is 1030. The Balaban J connectivity index is 1.52. The number of halogens is 4. The quantitative estimate of drug-likeness (QED) is 0.604. The molecule has 10 heteroatoms. The molecule has 6 nitrogen and oxygen atoms in total. The summed E-state index contributed by atoms with van der Waals surface area (Å²) in [6, 6.07) is 10.7. The van der Waals surface area contributed by atoms with Crippen LogP contribution in [0.3, 0.4) is 0 Å². The van der Waals surface area contributed by atoms with Crippen LogP contribution in [0.2, 0.25) is 0 Å². The molecule has 0 bridgehead atoms. The topological polar surface area (TPSA) is 68.5 Å². The van der Waals surface area contributed by atoms with E-state index in [4.69, 9.17) is 4.52 Å². The molecule has 1 aromatic heterocycles. The van der Waals surface area contributed by atoms with Crippen molar-refractivity contribution < 1.29 is 31.6 Å². The average molecular weight is 407 g/mol. The second-order valence-corrected chi connectivity index (χ2v) is 6.42. The van der Waals surface area contributed by atoms with E-state index in [0.29, 0.717) is 5.69 Å². The van der Waals surface area contributed by atoms with Gasteiger partial charge in [0.25, 0.3) is 5.89 Å². The normalized spacial score (nSPS) is 17.0. The number of carbonyl (C=O) groups excluding carboxylic acids is 1. The molecule has 0 saturated carbocycles. The van der Waals surface area contributed by atoms with E-state index in [0.717, 1.165) is 12.1 Å². The van der Waals surface area contributed by atoms with Crippen LogP contribution in [0.25, 0.3) is 11.5 Å². The van der Waals surface area contributed by atoms with Gasteiger partial charge < -0.3 is 14.2 Å². The maximum Gasteiger partial charge on any atom is 0.573 e. The fourth-order valence-electron chi connectivity index (χ4n) is 3.10. The lowest BCUT2D eigenvalue weighted by molar-refractivity contribution is -0.274. The van der Waals surface area contributed by atoms with Crippen molar-refractivity contribution in [3.05, 3.63) is 60.2 Å². The van der Waals surface area contributed by atoms with Crippen molar-refractivity contribution in [2.45, 2.75) is 18.7 Å². The van der Waals surface area contributed by atoms with Crippen LogP contribution in [-0.4, -0.2) is 29.0 Å². The summed E-state index contributed by atoms with van der Waals surface area (Å²) in [7, 11) is 0.